The van der Waals surface area contributed by atoms with Crippen molar-refractivity contribution < 1.29 is 21.9 Å². The van der Waals surface area contributed by atoms with E-state index in [0.29, 0.717) is 30.4 Å². The number of anilines is 1. The molecule has 1 N–H and O–H groups in total. The van der Waals surface area contributed by atoms with Crippen molar-refractivity contribution in [1.29, 1.82) is 0 Å². The van der Waals surface area contributed by atoms with Gasteiger partial charge in [0.1, 0.15) is 29.5 Å². The number of benzene rings is 1. The molecule has 0 spiro atoms. The van der Waals surface area contributed by atoms with E-state index < -0.39 is 35.4 Å². The van der Waals surface area contributed by atoms with Crippen molar-refractivity contribution in [3.63, 3.8) is 0 Å². The van der Waals surface area contributed by atoms with Gasteiger partial charge in [-0.2, -0.15) is 0 Å². The van der Waals surface area contributed by atoms with Gasteiger partial charge in [0.25, 0.3) is 10.0 Å². The highest BCUT2D eigenvalue weighted by atomic mass is 35.5. The van der Waals surface area contributed by atoms with Crippen molar-refractivity contribution in [2.45, 2.75) is 69.9 Å². The summed E-state index contributed by atoms with van der Waals surface area (Å²) < 4.78 is 69.4. The Hall–Kier alpha value is -3.65. The number of aryl methyl sites for hydroxylation is 2. The molecular weight excluding hydrogens is 650 g/mol. The Kier molecular flexibility index (Phi) is 8.78. The third-order valence-electron chi connectivity index (χ3n) is 8.11. The van der Waals surface area contributed by atoms with Gasteiger partial charge in [0.15, 0.2) is 11.6 Å². The van der Waals surface area contributed by atoms with Crippen LogP contribution in [0.5, 0.6) is 0 Å². The second-order valence-corrected chi connectivity index (χ2v) is 20.5. The third-order valence-corrected chi connectivity index (χ3v) is 11.5. The van der Waals surface area contributed by atoms with Crippen LogP contribution in [0.3, 0.4) is 0 Å². The Morgan fingerprint density at radius 1 is 1.09 bits per heavy atom. The largest absolute Gasteiger partial charge is 0.361 e. The summed E-state index contributed by atoms with van der Waals surface area (Å²) >= 11 is 5.95. The van der Waals surface area contributed by atoms with Gasteiger partial charge >= 0.3 is 0 Å². The molecular formula is C32H35ClF2N6O3SSi. The van der Waals surface area contributed by atoms with Gasteiger partial charge in [-0.25, -0.2) is 27.2 Å². The normalized spacial score (nSPS) is 13.7. The first kappa shape index (κ1) is 32.3. The second kappa shape index (κ2) is 12.5. The lowest BCUT2D eigenvalue weighted by atomic mass is 10.0. The molecule has 5 aromatic rings. The quantitative estimate of drug-likeness (QED) is 0.121. The number of ether oxygens (including phenoxy) is 1. The molecule has 4 heterocycles. The predicted molar refractivity (Wildman–Crippen MR) is 177 cm³/mol. The van der Waals surface area contributed by atoms with Crippen LogP contribution in [0, 0.1) is 18.6 Å². The molecule has 0 radical (unpaired) electrons. The smallest absolute Gasteiger partial charge is 0.263 e. The number of hydrogen-bond acceptors (Lipinski definition) is 6. The van der Waals surface area contributed by atoms with E-state index in [4.69, 9.17) is 21.3 Å². The monoisotopic (exact) mass is 684 g/mol. The summed E-state index contributed by atoms with van der Waals surface area (Å²) in [6.07, 6.45) is 8.43. The second-order valence-electron chi connectivity index (χ2n) is 12.7. The van der Waals surface area contributed by atoms with Crippen molar-refractivity contribution in [1.82, 2.24) is 23.9 Å². The van der Waals surface area contributed by atoms with Gasteiger partial charge in [0.2, 0.25) is 0 Å². The summed E-state index contributed by atoms with van der Waals surface area (Å²) in [5.41, 5.74) is 3.15. The minimum atomic E-state index is -4.28. The molecule has 0 bridgehead atoms. The highest BCUT2D eigenvalue weighted by molar-refractivity contribution is 7.92. The molecule has 0 aliphatic heterocycles. The minimum absolute atomic E-state index is 0.108. The number of nitrogens with one attached hydrogen (secondary N) is 1. The highest BCUT2D eigenvalue weighted by Gasteiger charge is 2.26. The number of imidazole rings is 2. The molecule has 46 heavy (non-hydrogen) atoms. The summed E-state index contributed by atoms with van der Waals surface area (Å²) in [7, 11) is -5.52. The summed E-state index contributed by atoms with van der Waals surface area (Å²) in [5, 5.41) is 0.108. The molecule has 9 nitrogen and oxygen atoms in total. The van der Waals surface area contributed by atoms with Gasteiger partial charge in [-0.15, -0.1) is 0 Å². The number of rotatable bonds is 10. The lowest BCUT2D eigenvalue weighted by molar-refractivity contribution is 0.0861. The van der Waals surface area contributed by atoms with E-state index >= 15 is 8.78 Å². The lowest BCUT2D eigenvalue weighted by Crippen LogP contribution is -2.22. The fraction of sp³-hybridized carbons (Fsp3) is 0.344. The van der Waals surface area contributed by atoms with Gasteiger partial charge in [0, 0.05) is 38.3 Å². The Bertz CT molecular complexity index is 2060. The average Bonchev–Trinajstić information content (AvgIpc) is 3.58. The zero-order valence-electron chi connectivity index (χ0n) is 26.1. The van der Waals surface area contributed by atoms with E-state index in [1.807, 2.05) is 0 Å². The number of nitrogens with zero attached hydrogens (tertiary/aromatic N) is 5. The number of aromatic nitrogens is 5. The van der Waals surface area contributed by atoms with Crippen LogP contribution in [0.4, 0.5) is 14.5 Å². The van der Waals surface area contributed by atoms with Crippen LogP contribution in [0.2, 0.25) is 30.7 Å². The first-order valence-corrected chi connectivity index (χ1v) is 20.7. The molecule has 1 aliphatic carbocycles. The van der Waals surface area contributed by atoms with Crippen molar-refractivity contribution >= 4 is 40.9 Å². The highest BCUT2D eigenvalue weighted by Crippen LogP contribution is 2.35. The van der Waals surface area contributed by atoms with E-state index in [9.17, 15) is 8.42 Å². The molecule has 14 heteroatoms. The molecule has 0 atom stereocenters. The van der Waals surface area contributed by atoms with Crippen LogP contribution in [0.1, 0.15) is 29.9 Å². The first-order chi connectivity index (χ1) is 21.8. The standard InChI is InChI=1S/C32H35ClF2N6O3SSi/c1-20-28(15-22(33)16-36-20)45(42,43)39-25-11-10-23(34)29(30(25)35)21-9-12-27-31(37-18-40(27)17-21)32-38-24-7-5-6-8-26(24)41(32)19-44-13-14-46(2,3)4/h9-12,15-18,39H,5-8,13-14,19H2,1-4H3. The van der Waals surface area contributed by atoms with Crippen molar-refractivity contribution in [3.8, 4) is 22.6 Å². The average molecular weight is 685 g/mol. The molecule has 242 valence electrons. The molecule has 0 unspecified atom stereocenters. The molecule has 6 rings (SSSR count). The number of fused-ring (bicyclic) bond motifs is 2. The van der Waals surface area contributed by atoms with Crippen LogP contribution in [-0.4, -0.2) is 47.0 Å². The molecule has 0 fully saturated rings. The maximum Gasteiger partial charge on any atom is 0.263 e. The van der Waals surface area contributed by atoms with Crippen LogP contribution in [0.25, 0.3) is 28.2 Å². The predicted octanol–water partition coefficient (Wildman–Crippen LogP) is 7.49. The van der Waals surface area contributed by atoms with E-state index in [-0.39, 0.29) is 26.7 Å². The van der Waals surface area contributed by atoms with Crippen LogP contribution < -0.4 is 4.72 Å². The molecule has 1 aliphatic rings. The molecule has 1 aromatic carbocycles. The first-order valence-electron chi connectivity index (χ1n) is 15.1. The van der Waals surface area contributed by atoms with Crippen molar-refractivity contribution in [3.05, 3.63) is 82.8 Å². The van der Waals surface area contributed by atoms with E-state index in [1.165, 1.54) is 24.9 Å². The fourth-order valence-corrected chi connectivity index (χ4v) is 7.89. The Balaban J connectivity index is 1.34. The van der Waals surface area contributed by atoms with Crippen LogP contribution in [0.15, 0.2) is 53.9 Å². The summed E-state index contributed by atoms with van der Waals surface area (Å²) in [6, 6.07) is 7.66. The minimum Gasteiger partial charge on any atom is -0.361 e. The summed E-state index contributed by atoms with van der Waals surface area (Å²) in [4.78, 5) is 13.4. The molecule has 0 saturated carbocycles. The Labute approximate surface area is 272 Å². The molecule has 0 saturated heterocycles. The van der Waals surface area contributed by atoms with Gasteiger partial charge in [-0.05, 0) is 62.9 Å². The van der Waals surface area contributed by atoms with Gasteiger partial charge in [-0.1, -0.05) is 37.3 Å². The Morgan fingerprint density at radius 2 is 1.87 bits per heavy atom. The SMILES string of the molecule is Cc1ncc(Cl)cc1S(=O)(=O)Nc1ccc(F)c(-c2ccc3c(-c4nc5c(n4COCC[Si](C)(C)C)CCCC5)ncn3c2)c1F. The number of hydrogen-bond donors (Lipinski definition) is 1. The van der Waals surface area contributed by atoms with Crippen LogP contribution in [-0.2, 0) is 34.3 Å². The number of pyridine rings is 2. The fourth-order valence-electron chi connectivity index (χ4n) is 5.63. The molecule has 4 aromatic heterocycles. The molecule has 0 amide bonds. The number of sulfonamides is 1. The maximum absolute atomic E-state index is 15.9. The topological polar surface area (TPSA) is 103 Å². The van der Waals surface area contributed by atoms with E-state index in [2.05, 4.69) is 38.9 Å². The maximum atomic E-state index is 15.9. The lowest BCUT2D eigenvalue weighted by Gasteiger charge is -2.18. The third kappa shape index (κ3) is 6.46. The zero-order chi connectivity index (χ0) is 32.8. The zero-order valence-corrected chi connectivity index (χ0v) is 28.6. The van der Waals surface area contributed by atoms with Gasteiger partial charge in [0.05, 0.1) is 33.2 Å². The van der Waals surface area contributed by atoms with E-state index in [1.54, 1.807) is 29.1 Å². The van der Waals surface area contributed by atoms with Crippen molar-refractivity contribution in [2.24, 2.45) is 0 Å². The van der Waals surface area contributed by atoms with Crippen LogP contribution >= 0.6 is 11.6 Å². The van der Waals surface area contributed by atoms with E-state index in [0.717, 1.165) is 49.6 Å². The summed E-state index contributed by atoms with van der Waals surface area (Å²) in [5.74, 6) is -1.20. The number of halogens is 3. The van der Waals surface area contributed by atoms with Gasteiger partial charge < -0.3 is 13.7 Å². The van der Waals surface area contributed by atoms with Crippen molar-refractivity contribution in [2.75, 3.05) is 11.3 Å². The van der Waals surface area contributed by atoms with Gasteiger partial charge in [-0.3, -0.25) is 9.71 Å². The Morgan fingerprint density at radius 3 is 2.65 bits per heavy atom. The summed E-state index contributed by atoms with van der Waals surface area (Å²) in [6.45, 7) is 9.50.